The zero-order valence-corrected chi connectivity index (χ0v) is 16.1. The Morgan fingerprint density at radius 1 is 0.714 bits per heavy atom. The summed E-state index contributed by atoms with van der Waals surface area (Å²) in [5, 5.41) is 4.29. The fourth-order valence-corrected chi connectivity index (χ4v) is 3.72. The number of fused-ring (bicyclic) bond motifs is 2. The summed E-state index contributed by atoms with van der Waals surface area (Å²) in [6.07, 6.45) is 0.874. The van der Waals surface area contributed by atoms with E-state index in [0.29, 0.717) is 18.8 Å². The Kier molecular flexibility index (Phi) is 4.98. The van der Waals surface area contributed by atoms with E-state index in [1.807, 2.05) is 62.4 Å². The molecule has 0 atom stereocenters. The molecule has 4 rings (SSSR count). The van der Waals surface area contributed by atoms with Gasteiger partial charge in [0, 0.05) is 16.7 Å². The van der Waals surface area contributed by atoms with Crippen molar-refractivity contribution in [3.05, 3.63) is 72.3 Å². The van der Waals surface area contributed by atoms with Crippen LogP contribution in [0.4, 0.5) is 0 Å². The number of rotatable bonds is 6. The minimum atomic E-state index is 0.569. The number of aldehydes is 1. The van der Waals surface area contributed by atoms with Gasteiger partial charge in [0.05, 0.1) is 13.2 Å². The minimum absolute atomic E-state index is 0.569. The minimum Gasteiger partial charge on any atom is -0.493 e. The zero-order valence-electron chi connectivity index (χ0n) is 16.1. The highest BCUT2D eigenvalue weighted by molar-refractivity contribution is 6.10. The lowest BCUT2D eigenvalue weighted by Crippen LogP contribution is -1.99. The van der Waals surface area contributed by atoms with Crippen molar-refractivity contribution >= 4 is 27.8 Å². The smallest absolute Gasteiger partial charge is 0.150 e. The van der Waals surface area contributed by atoms with E-state index >= 15 is 0 Å². The van der Waals surface area contributed by atoms with Gasteiger partial charge in [0.15, 0.2) is 0 Å². The first-order valence-electron chi connectivity index (χ1n) is 9.56. The highest BCUT2D eigenvalue weighted by atomic mass is 16.5. The topological polar surface area (TPSA) is 35.5 Å². The van der Waals surface area contributed by atoms with Gasteiger partial charge in [-0.3, -0.25) is 4.79 Å². The first-order chi connectivity index (χ1) is 13.8. The summed E-state index contributed by atoms with van der Waals surface area (Å²) in [6.45, 7) is 5.12. The van der Waals surface area contributed by atoms with Crippen molar-refractivity contribution in [2.24, 2.45) is 0 Å². The van der Waals surface area contributed by atoms with Crippen molar-refractivity contribution in [1.29, 1.82) is 0 Å². The lowest BCUT2D eigenvalue weighted by atomic mass is 9.91. The summed E-state index contributed by atoms with van der Waals surface area (Å²) in [5.74, 6) is 1.64. The maximum absolute atomic E-state index is 11.2. The molecule has 0 N–H and O–H groups in total. The van der Waals surface area contributed by atoms with E-state index in [9.17, 15) is 4.79 Å². The van der Waals surface area contributed by atoms with Crippen LogP contribution in [0.5, 0.6) is 11.5 Å². The van der Waals surface area contributed by atoms with Gasteiger partial charge < -0.3 is 9.47 Å². The first-order valence-corrected chi connectivity index (χ1v) is 9.56. The SMILES string of the molecule is CCOc1ccc2ccccc2c1-c1c(OCC)ccc2cc(C=O)ccc12. The number of carbonyl (C=O) groups excluding carboxylic acids is 1. The monoisotopic (exact) mass is 370 g/mol. The average molecular weight is 370 g/mol. The molecule has 4 aromatic carbocycles. The summed E-state index contributed by atoms with van der Waals surface area (Å²) >= 11 is 0. The molecule has 0 aliphatic rings. The molecule has 0 radical (unpaired) electrons. The average Bonchev–Trinajstić information content (AvgIpc) is 2.74. The van der Waals surface area contributed by atoms with Crippen LogP contribution in [0, 0.1) is 0 Å². The van der Waals surface area contributed by atoms with Crippen LogP contribution in [0.15, 0.2) is 66.7 Å². The van der Waals surface area contributed by atoms with Crippen LogP contribution in [-0.4, -0.2) is 19.5 Å². The molecule has 0 saturated carbocycles. The molecule has 3 heteroatoms. The molecule has 0 unspecified atom stereocenters. The molecule has 0 aromatic heterocycles. The summed E-state index contributed by atoms with van der Waals surface area (Å²) in [6, 6.07) is 22.1. The molecule has 3 nitrogen and oxygen atoms in total. The summed E-state index contributed by atoms with van der Waals surface area (Å²) < 4.78 is 12.0. The van der Waals surface area contributed by atoms with Gasteiger partial charge in [-0.05, 0) is 53.6 Å². The van der Waals surface area contributed by atoms with E-state index in [0.717, 1.165) is 50.5 Å². The Hall–Kier alpha value is -3.33. The van der Waals surface area contributed by atoms with Crippen LogP contribution in [0.1, 0.15) is 24.2 Å². The second kappa shape index (κ2) is 7.73. The molecule has 0 bridgehead atoms. The number of carbonyl (C=O) groups is 1. The predicted octanol–water partition coefficient (Wildman–Crippen LogP) is 6.27. The highest BCUT2D eigenvalue weighted by Gasteiger charge is 2.18. The third-order valence-electron chi connectivity index (χ3n) is 4.88. The van der Waals surface area contributed by atoms with Gasteiger partial charge in [-0.1, -0.05) is 48.5 Å². The van der Waals surface area contributed by atoms with Gasteiger partial charge in [0.25, 0.3) is 0 Å². The molecular formula is C25H22O3. The van der Waals surface area contributed by atoms with E-state index in [-0.39, 0.29) is 0 Å². The van der Waals surface area contributed by atoms with Crippen molar-refractivity contribution in [2.75, 3.05) is 13.2 Å². The van der Waals surface area contributed by atoms with Gasteiger partial charge in [-0.15, -0.1) is 0 Å². The van der Waals surface area contributed by atoms with Crippen LogP contribution in [0.2, 0.25) is 0 Å². The molecule has 0 amide bonds. The lowest BCUT2D eigenvalue weighted by molar-refractivity contribution is 0.112. The van der Waals surface area contributed by atoms with Gasteiger partial charge >= 0.3 is 0 Å². The van der Waals surface area contributed by atoms with Crippen molar-refractivity contribution in [3.63, 3.8) is 0 Å². The second-order valence-corrected chi connectivity index (χ2v) is 6.56. The van der Waals surface area contributed by atoms with E-state index in [1.54, 1.807) is 0 Å². The predicted molar refractivity (Wildman–Crippen MR) is 115 cm³/mol. The van der Waals surface area contributed by atoms with Crippen molar-refractivity contribution < 1.29 is 14.3 Å². The van der Waals surface area contributed by atoms with Gasteiger partial charge in [0.2, 0.25) is 0 Å². The van der Waals surface area contributed by atoms with Crippen LogP contribution in [0.3, 0.4) is 0 Å². The fraction of sp³-hybridized carbons (Fsp3) is 0.160. The van der Waals surface area contributed by atoms with Crippen LogP contribution in [-0.2, 0) is 0 Å². The molecule has 0 aliphatic heterocycles. The maximum Gasteiger partial charge on any atom is 0.150 e. The van der Waals surface area contributed by atoms with Crippen molar-refractivity contribution in [3.8, 4) is 22.6 Å². The normalized spacial score (nSPS) is 10.9. The van der Waals surface area contributed by atoms with E-state index in [1.165, 1.54) is 0 Å². The summed E-state index contributed by atoms with van der Waals surface area (Å²) in [5.41, 5.74) is 2.68. The van der Waals surface area contributed by atoms with Crippen LogP contribution >= 0.6 is 0 Å². The Bertz CT molecular complexity index is 1160. The van der Waals surface area contributed by atoms with E-state index in [2.05, 4.69) is 18.2 Å². The third-order valence-corrected chi connectivity index (χ3v) is 4.88. The van der Waals surface area contributed by atoms with E-state index < -0.39 is 0 Å². The van der Waals surface area contributed by atoms with Gasteiger partial charge in [-0.2, -0.15) is 0 Å². The first kappa shape index (κ1) is 18.1. The zero-order chi connectivity index (χ0) is 19.5. The molecule has 140 valence electrons. The standard InChI is InChI=1S/C25H22O3/c1-3-27-22-13-10-18-7-5-6-8-20(18)24(22)25-21-12-9-17(16-26)15-19(21)11-14-23(25)28-4-2/h5-16H,3-4H2,1-2H3. The number of hydrogen-bond donors (Lipinski definition) is 0. The lowest BCUT2D eigenvalue weighted by Gasteiger charge is -2.19. The molecular weight excluding hydrogens is 348 g/mol. The Morgan fingerprint density at radius 2 is 1.32 bits per heavy atom. The molecule has 0 spiro atoms. The number of hydrogen-bond acceptors (Lipinski definition) is 3. The Morgan fingerprint density at radius 3 is 1.96 bits per heavy atom. The number of ether oxygens (including phenoxy) is 2. The molecule has 0 aliphatic carbocycles. The summed E-state index contributed by atoms with van der Waals surface area (Å²) in [7, 11) is 0. The highest BCUT2D eigenvalue weighted by Crippen LogP contribution is 2.45. The van der Waals surface area contributed by atoms with Gasteiger partial charge in [0.1, 0.15) is 17.8 Å². The van der Waals surface area contributed by atoms with Crippen molar-refractivity contribution in [1.82, 2.24) is 0 Å². The Balaban J connectivity index is 2.14. The molecule has 0 fully saturated rings. The molecule has 28 heavy (non-hydrogen) atoms. The third kappa shape index (κ3) is 3.09. The van der Waals surface area contributed by atoms with Crippen LogP contribution < -0.4 is 9.47 Å². The van der Waals surface area contributed by atoms with Crippen molar-refractivity contribution in [2.45, 2.75) is 13.8 Å². The van der Waals surface area contributed by atoms with E-state index in [4.69, 9.17) is 9.47 Å². The fourth-order valence-electron chi connectivity index (χ4n) is 3.72. The summed E-state index contributed by atoms with van der Waals surface area (Å²) in [4.78, 5) is 11.2. The Labute approximate surface area is 164 Å². The quantitative estimate of drug-likeness (QED) is 0.375. The molecule has 0 saturated heterocycles. The van der Waals surface area contributed by atoms with Gasteiger partial charge in [-0.25, -0.2) is 0 Å². The largest absolute Gasteiger partial charge is 0.493 e. The molecule has 0 heterocycles. The number of benzene rings is 4. The second-order valence-electron chi connectivity index (χ2n) is 6.56. The molecule has 4 aromatic rings. The maximum atomic E-state index is 11.2. The van der Waals surface area contributed by atoms with Crippen LogP contribution in [0.25, 0.3) is 32.7 Å².